The molecular weight excluding hydrogens is 252 g/mol. The van der Waals surface area contributed by atoms with Crippen molar-refractivity contribution in [3.63, 3.8) is 0 Å². The molecule has 3 rings (SSSR count). The quantitative estimate of drug-likeness (QED) is 0.797. The summed E-state index contributed by atoms with van der Waals surface area (Å²) in [5.41, 5.74) is 0.994. The van der Waals surface area contributed by atoms with Gasteiger partial charge in [0.15, 0.2) is 0 Å². The van der Waals surface area contributed by atoms with Gasteiger partial charge in [-0.1, -0.05) is 0 Å². The molecule has 0 aromatic carbocycles. The van der Waals surface area contributed by atoms with Crippen molar-refractivity contribution in [1.82, 2.24) is 9.55 Å². The van der Waals surface area contributed by atoms with E-state index in [1.165, 1.54) is 18.4 Å². The topological polar surface area (TPSA) is 53.3 Å². The van der Waals surface area contributed by atoms with E-state index in [2.05, 4.69) is 9.55 Å². The number of methoxy groups -OCH3 is 1. The number of carbonyl (C=O) groups is 1. The van der Waals surface area contributed by atoms with Crippen LogP contribution in [0.3, 0.4) is 0 Å². The molecule has 1 saturated heterocycles. The summed E-state index contributed by atoms with van der Waals surface area (Å²) < 4.78 is 12.3. The number of carbonyl (C=O) groups excluding carboxylic acids is 1. The maximum atomic E-state index is 11.5. The largest absolute Gasteiger partial charge is 0.465 e. The van der Waals surface area contributed by atoms with Crippen LogP contribution >= 0.6 is 11.3 Å². The van der Waals surface area contributed by atoms with Crippen LogP contribution in [-0.4, -0.2) is 35.3 Å². The van der Waals surface area contributed by atoms with E-state index >= 15 is 0 Å². The SMILES string of the molecule is COC(=O)c1cc2c(nc(C)n2CC2CCO2)s1. The van der Waals surface area contributed by atoms with Crippen LogP contribution in [0.1, 0.15) is 21.9 Å². The molecule has 0 spiro atoms. The summed E-state index contributed by atoms with van der Waals surface area (Å²) in [6.07, 6.45) is 1.37. The number of aromatic nitrogens is 2. The Morgan fingerprint density at radius 1 is 1.72 bits per heavy atom. The van der Waals surface area contributed by atoms with Gasteiger partial charge in [-0.25, -0.2) is 9.78 Å². The Bertz CT molecular complexity index is 598. The van der Waals surface area contributed by atoms with Gasteiger partial charge >= 0.3 is 5.97 Å². The van der Waals surface area contributed by atoms with Gasteiger partial charge in [0.1, 0.15) is 15.5 Å². The molecule has 18 heavy (non-hydrogen) atoms. The summed E-state index contributed by atoms with van der Waals surface area (Å²) in [6, 6.07) is 1.85. The predicted octanol–water partition coefficient (Wildman–Crippen LogP) is 1.98. The molecular formula is C12H14N2O3S. The van der Waals surface area contributed by atoms with Gasteiger partial charge < -0.3 is 14.0 Å². The molecule has 0 N–H and O–H groups in total. The van der Waals surface area contributed by atoms with E-state index in [1.807, 2.05) is 13.0 Å². The van der Waals surface area contributed by atoms with Crippen LogP contribution in [0.15, 0.2) is 6.07 Å². The van der Waals surface area contributed by atoms with Crippen LogP contribution in [0.5, 0.6) is 0 Å². The minimum atomic E-state index is -0.304. The first kappa shape index (κ1) is 11.7. The molecule has 0 amide bonds. The van der Waals surface area contributed by atoms with E-state index in [1.54, 1.807) is 0 Å². The fourth-order valence-electron chi connectivity index (χ4n) is 2.09. The van der Waals surface area contributed by atoms with Crippen molar-refractivity contribution >= 4 is 27.7 Å². The van der Waals surface area contributed by atoms with Crippen LogP contribution in [0.25, 0.3) is 10.3 Å². The van der Waals surface area contributed by atoms with E-state index < -0.39 is 0 Å². The van der Waals surface area contributed by atoms with Crippen LogP contribution in [-0.2, 0) is 16.0 Å². The van der Waals surface area contributed by atoms with Crippen LogP contribution in [0.4, 0.5) is 0 Å². The van der Waals surface area contributed by atoms with Crippen molar-refractivity contribution in [2.45, 2.75) is 26.0 Å². The molecule has 1 atom stereocenters. The van der Waals surface area contributed by atoms with Gasteiger partial charge in [-0.3, -0.25) is 0 Å². The second-order valence-electron chi connectivity index (χ2n) is 4.34. The molecule has 1 fully saturated rings. The molecule has 2 aromatic rings. The van der Waals surface area contributed by atoms with Crippen molar-refractivity contribution in [2.75, 3.05) is 13.7 Å². The standard InChI is InChI=1S/C12H14N2O3S/c1-7-13-11-9(5-10(18-11)12(15)16-2)14(7)6-8-3-4-17-8/h5,8H,3-4,6H2,1-2H3. The van der Waals surface area contributed by atoms with E-state index in [4.69, 9.17) is 9.47 Å². The molecule has 0 bridgehead atoms. The average molecular weight is 266 g/mol. The number of esters is 1. The molecule has 0 saturated carbocycles. The number of imidazole rings is 1. The van der Waals surface area contributed by atoms with Crippen LogP contribution in [0.2, 0.25) is 0 Å². The minimum Gasteiger partial charge on any atom is -0.465 e. The first-order valence-corrected chi connectivity index (χ1v) is 6.67. The second-order valence-corrected chi connectivity index (χ2v) is 5.37. The maximum Gasteiger partial charge on any atom is 0.348 e. The molecule has 1 aliphatic rings. The van der Waals surface area contributed by atoms with Crippen molar-refractivity contribution in [3.8, 4) is 0 Å². The number of rotatable bonds is 3. The summed E-state index contributed by atoms with van der Waals surface area (Å²) in [7, 11) is 1.39. The highest BCUT2D eigenvalue weighted by atomic mass is 32.1. The molecule has 96 valence electrons. The molecule has 2 aromatic heterocycles. The average Bonchev–Trinajstić information content (AvgIpc) is 2.80. The highest BCUT2D eigenvalue weighted by Crippen LogP contribution is 2.28. The molecule has 6 heteroatoms. The smallest absolute Gasteiger partial charge is 0.348 e. The molecule has 5 nitrogen and oxygen atoms in total. The number of nitrogens with zero attached hydrogens (tertiary/aromatic N) is 2. The molecule has 1 unspecified atom stereocenters. The highest BCUT2D eigenvalue weighted by Gasteiger charge is 2.22. The zero-order valence-electron chi connectivity index (χ0n) is 10.3. The van der Waals surface area contributed by atoms with Gasteiger partial charge in [0.2, 0.25) is 0 Å². The van der Waals surface area contributed by atoms with E-state index in [9.17, 15) is 4.79 Å². The summed E-state index contributed by atoms with van der Waals surface area (Å²) in [6.45, 7) is 3.63. The Labute approximate surface area is 108 Å². The lowest BCUT2D eigenvalue weighted by Gasteiger charge is -2.27. The van der Waals surface area contributed by atoms with Crippen LogP contribution < -0.4 is 0 Å². The molecule has 3 heterocycles. The maximum absolute atomic E-state index is 11.5. The Hall–Kier alpha value is -1.40. The third-order valence-corrected chi connectivity index (χ3v) is 4.20. The lowest BCUT2D eigenvalue weighted by Crippen LogP contribution is -2.31. The second kappa shape index (κ2) is 4.37. The molecule has 1 aliphatic heterocycles. The number of aryl methyl sites for hydroxylation is 1. The van der Waals surface area contributed by atoms with E-state index in [0.29, 0.717) is 4.88 Å². The van der Waals surface area contributed by atoms with Gasteiger partial charge in [-0.2, -0.15) is 0 Å². The van der Waals surface area contributed by atoms with Crippen LogP contribution in [0, 0.1) is 6.92 Å². The predicted molar refractivity (Wildman–Crippen MR) is 68.0 cm³/mol. The zero-order chi connectivity index (χ0) is 12.7. The number of fused-ring (bicyclic) bond motifs is 1. The normalized spacial score (nSPS) is 18.9. The van der Waals surface area contributed by atoms with Gasteiger partial charge in [0.25, 0.3) is 0 Å². The lowest BCUT2D eigenvalue weighted by molar-refractivity contribution is -0.0589. The van der Waals surface area contributed by atoms with Crippen molar-refractivity contribution in [1.29, 1.82) is 0 Å². The minimum absolute atomic E-state index is 0.280. The third-order valence-electron chi connectivity index (χ3n) is 3.20. The summed E-state index contributed by atoms with van der Waals surface area (Å²) >= 11 is 1.37. The number of hydrogen-bond acceptors (Lipinski definition) is 5. The third kappa shape index (κ3) is 1.81. The van der Waals surface area contributed by atoms with E-state index in [0.717, 1.165) is 35.7 Å². The highest BCUT2D eigenvalue weighted by molar-refractivity contribution is 7.20. The number of thiophene rings is 1. The van der Waals surface area contributed by atoms with Gasteiger partial charge in [0.05, 0.1) is 25.3 Å². The molecule has 0 radical (unpaired) electrons. The Kier molecular flexibility index (Phi) is 2.83. The number of ether oxygens (including phenoxy) is 2. The van der Waals surface area contributed by atoms with Gasteiger partial charge in [0, 0.05) is 6.61 Å². The summed E-state index contributed by atoms with van der Waals surface area (Å²) in [5.74, 6) is 0.658. The lowest BCUT2D eigenvalue weighted by atomic mass is 10.2. The van der Waals surface area contributed by atoms with Gasteiger partial charge in [-0.05, 0) is 19.4 Å². The monoisotopic (exact) mass is 266 g/mol. The fourth-order valence-corrected chi connectivity index (χ4v) is 3.09. The Morgan fingerprint density at radius 2 is 2.50 bits per heavy atom. The fraction of sp³-hybridized carbons (Fsp3) is 0.500. The van der Waals surface area contributed by atoms with Crippen molar-refractivity contribution < 1.29 is 14.3 Å². The molecule has 0 aliphatic carbocycles. The first-order valence-electron chi connectivity index (χ1n) is 5.85. The zero-order valence-corrected chi connectivity index (χ0v) is 11.1. The van der Waals surface area contributed by atoms with Gasteiger partial charge in [-0.15, -0.1) is 11.3 Å². The van der Waals surface area contributed by atoms with Crippen molar-refractivity contribution in [2.24, 2.45) is 0 Å². The first-order chi connectivity index (χ1) is 8.69. The Balaban J connectivity index is 1.97. The Morgan fingerprint density at radius 3 is 3.11 bits per heavy atom. The summed E-state index contributed by atoms with van der Waals surface area (Å²) in [4.78, 5) is 17.5. The number of hydrogen-bond donors (Lipinski definition) is 0. The summed E-state index contributed by atoms with van der Waals surface area (Å²) in [5, 5.41) is 0. The van der Waals surface area contributed by atoms with Crippen molar-refractivity contribution in [3.05, 3.63) is 16.8 Å². The van der Waals surface area contributed by atoms with E-state index in [-0.39, 0.29) is 12.1 Å².